The van der Waals surface area contributed by atoms with Crippen molar-refractivity contribution in [2.24, 2.45) is 11.7 Å². The fourth-order valence-corrected chi connectivity index (χ4v) is 2.23. The van der Waals surface area contributed by atoms with Crippen molar-refractivity contribution >= 4 is 24.3 Å². The number of rotatable bonds is 5. The van der Waals surface area contributed by atoms with Gasteiger partial charge in [0.25, 0.3) is 0 Å². The molecule has 112 valence electrons. The number of methoxy groups -OCH3 is 1. The maximum absolute atomic E-state index is 11.3. The lowest BCUT2D eigenvalue weighted by atomic mass is 9.84. The standard InChI is InChI=1S/C13H23NO4.ClH/c1-9(14)13(16)18-11-6-3-10(4-7-11)5-8-12(15)17-2;/h9-11H,3-8,14H2,1-2H3;1H/t9?,10-,11-;. The van der Waals surface area contributed by atoms with Crippen LogP contribution < -0.4 is 5.73 Å². The van der Waals surface area contributed by atoms with Gasteiger partial charge in [0.15, 0.2) is 0 Å². The first-order valence-electron chi connectivity index (χ1n) is 6.55. The molecule has 0 aromatic carbocycles. The highest BCUT2D eigenvalue weighted by atomic mass is 35.5. The molecular formula is C13H24ClNO4. The summed E-state index contributed by atoms with van der Waals surface area (Å²) in [5.41, 5.74) is 5.45. The molecule has 0 spiro atoms. The summed E-state index contributed by atoms with van der Waals surface area (Å²) in [6.45, 7) is 1.63. The predicted octanol–water partition coefficient (Wildman–Crippen LogP) is 1.81. The van der Waals surface area contributed by atoms with Crippen LogP contribution in [0.3, 0.4) is 0 Å². The van der Waals surface area contributed by atoms with Crippen molar-refractivity contribution in [3.63, 3.8) is 0 Å². The van der Waals surface area contributed by atoms with Gasteiger partial charge in [-0.2, -0.15) is 0 Å². The molecule has 1 unspecified atom stereocenters. The van der Waals surface area contributed by atoms with Gasteiger partial charge in [0, 0.05) is 6.42 Å². The van der Waals surface area contributed by atoms with Crippen LogP contribution in [-0.4, -0.2) is 31.2 Å². The first-order valence-corrected chi connectivity index (χ1v) is 6.55. The Hall–Kier alpha value is -0.810. The summed E-state index contributed by atoms with van der Waals surface area (Å²) in [5.74, 6) is 0.0582. The smallest absolute Gasteiger partial charge is 0.322 e. The summed E-state index contributed by atoms with van der Waals surface area (Å²) in [6, 6.07) is -0.554. The Balaban J connectivity index is 0.00000324. The van der Waals surface area contributed by atoms with E-state index in [0.717, 1.165) is 32.1 Å². The Bertz CT molecular complexity index is 288. The van der Waals surface area contributed by atoms with E-state index in [1.807, 2.05) is 0 Å². The minimum atomic E-state index is -0.554. The summed E-state index contributed by atoms with van der Waals surface area (Å²) >= 11 is 0. The highest BCUT2D eigenvalue weighted by molar-refractivity contribution is 5.85. The van der Waals surface area contributed by atoms with Crippen LogP contribution in [0.15, 0.2) is 0 Å². The van der Waals surface area contributed by atoms with Crippen molar-refractivity contribution in [1.82, 2.24) is 0 Å². The van der Waals surface area contributed by atoms with Crippen LogP contribution in [0.1, 0.15) is 45.4 Å². The van der Waals surface area contributed by atoms with Gasteiger partial charge < -0.3 is 15.2 Å². The lowest BCUT2D eigenvalue weighted by molar-refractivity contribution is -0.152. The van der Waals surface area contributed by atoms with E-state index in [1.165, 1.54) is 7.11 Å². The summed E-state index contributed by atoms with van der Waals surface area (Å²) in [6.07, 6.45) is 5.06. The van der Waals surface area contributed by atoms with Gasteiger partial charge >= 0.3 is 11.9 Å². The van der Waals surface area contributed by atoms with Gasteiger partial charge in [-0.15, -0.1) is 12.4 Å². The van der Waals surface area contributed by atoms with Crippen molar-refractivity contribution in [3.8, 4) is 0 Å². The Labute approximate surface area is 120 Å². The molecule has 0 bridgehead atoms. The Morgan fingerprint density at radius 1 is 1.26 bits per heavy atom. The van der Waals surface area contributed by atoms with Crippen molar-refractivity contribution in [2.45, 2.75) is 57.6 Å². The lowest BCUT2D eigenvalue weighted by Crippen LogP contribution is -2.33. The quantitative estimate of drug-likeness (QED) is 0.782. The van der Waals surface area contributed by atoms with E-state index in [-0.39, 0.29) is 30.4 Å². The van der Waals surface area contributed by atoms with Crippen molar-refractivity contribution in [2.75, 3.05) is 7.11 Å². The number of esters is 2. The van der Waals surface area contributed by atoms with E-state index in [1.54, 1.807) is 6.92 Å². The number of carbonyl (C=O) groups excluding carboxylic acids is 2. The number of carbonyl (C=O) groups is 2. The van der Waals surface area contributed by atoms with Gasteiger partial charge in [-0.1, -0.05) is 0 Å². The fourth-order valence-electron chi connectivity index (χ4n) is 2.23. The molecule has 0 aromatic heterocycles. The molecule has 6 heteroatoms. The number of hydrogen-bond acceptors (Lipinski definition) is 5. The zero-order valence-electron chi connectivity index (χ0n) is 11.6. The molecule has 0 amide bonds. The number of nitrogens with two attached hydrogens (primary N) is 1. The number of halogens is 1. The Morgan fingerprint density at radius 3 is 2.32 bits per heavy atom. The molecule has 1 fully saturated rings. The molecule has 0 aromatic rings. The predicted molar refractivity (Wildman–Crippen MR) is 74.0 cm³/mol. The third-order valence-electron chi connectivity index (χ3n) is 3.43. The molecule has 1 aliphatic carbocycles. The molecule has 0 saturated heterocycles. The fraction of sp³-hybridized carbons (Fsp3) is 0.846. The van der Waals surface area contributed by atoms with Crippen molar-refractivity contribution in [3.05, 3.63) is 0 Å². The van der Waals surface area contributed by atoms with Gasteiger partial charge in [0.2, 0.25) is 0 Å². The first kappa shape index (κ1) is 18.2. The summed E-state index contributed by atoms with van der Waals surface area (Å²) < 4.78 is 9.91. The molecule has 1 rings (SSSR count). The van der Waals surface area contributed by atoms with Crippen LogP contribution in [0.4, 0.5) is 0 Å². The SMILES string of the molecule is COC(=O)CC[C@H]1CC[C@H](OC(=O)C(C)N)CC1.Cl. The summed E-state index contributed by atoms with van der Waals surface area (Å²) in [5, 5.41) is 0. The van der Waals surface area contributed by atoms with Gasteiger partial charge in [0.05, 0.1) is 7.11 Å². The zero-order chi connectivity index (χ0) is 13.5. The Kier molecular flexibility index (Phi) is 8.76. The van der Waals surface area contributed by atoms with Crippen LogP contribution in [0.25, 0.3) is 0 Å². The summed E-state index contributed by atoms with van der Waals surface area (Å²) in [4.78, 5) is 22.4. The maximum atomic E-state index is 11.3. The van der Waals surface area contributed by atoms with Crippen molar-refractivity contribution < 1.29 is 19.1 Å². The van der Waals surface area contributed by atoms with Crippen LogP contribution in [0, 0.1) is 5.92 Å². The second kappa shape index (κ2) is 9.15. The Morgan fingerprint density at radius 2 is 1.84 bits per heavy atom. The third-order valence-corrected chi connectivity index (χ3v) is 3.43. The second-order valence-electron chi connectivity index (χ2n) is 4.98. The molecule has 2 N–H and O–H groups in total. The van der Waals surface area contributed by atoms with Crippen LogP contribution in [-0.2, 0) is 19.1 Å². The molecule has 19 heavy (non-hydrogen) atoms. The van der Waals surface area contributed by atoms with Crippen molar-refractivity contribution in [1.29, 1.82) is 0 Å². The molecule has 1 saturated carbocycles. The van der Waals surface area contributed by atoms with Gasteiger partial charge in [-0.25, -0.2) is 0 Å². The zero-order valence-corrected chi connectivity index (χ0v) is 12.4. The van der Waals surface area contributed by atoms with Gasteiger partial charge in [0.1, 0.15) is 12.1 Å². The summed E-state index contributed by atoms with van der Waals surface area (Å²) in [7, 11) is 1.41. The number of hydrogen-bond donors (Lipinski definition) is 1. The molecule has 1 aliphatic rings. The lowest BCUT2D eigenvalue weighted by Gasteiger charge is -2.28. The minimum absolute atomic E-state index is 0. The van der Waals surface area contributed by atoms with Gasteiger partial charge in [-0.05, 0) is 44.9 Å². The van der Waals surface area contributed by atoms with Crippen LogP contribution in [0.2, 0.25) is 0 Å². The maximum Gasteiger partial charge on any atom is 0.322 e. The van der Waals surface area contributed by atoms with E-state index in [2.05, 4.69) is 4.74 Å². The average Bonchev–Trinajstić information content (AvgIpc) is 2.37. The topological polar surface area (TPSA) is 78.6 Å². The molecule has 1 atom stereocenters. The first-order chi connectivity index (χ1) is 8.52. The largest absolute Gasteiger partial charge is 0.469 e. The van der Waals surface area contributed by atoms with E-state index < -0.39 is 6.04 Å². The molecule has 0 aliphatic heterocycles. The third kappa shape index (κ3) is 6.78. The van der Waals surface area contributed by atoms with Crippen LogP contribution >= 0.6 is 12.4 Å². The monoisotopic (exact) mass is 293 g/mol. The molecular weight excluding hydrogens is 270 g/mol. The molecule has 0 radical (unpaired) electrons. The van der Waals surface area contributed by atoms with E-state index in [0.29, 0.717) is 12.3 Å². The minimum Gasteiger partial charge on any atom is -0.469 e. The van der Waals surface area contributed by atoms with Crippen LogP contribution in [0.5, 0.6) is 0 Å². The number of ether oxygens (including phenoxy) is 2. The molecule has 0 heterocycles. The normalized spacial score (nSPS) is 23.9. The van der Waals surface area contributed by atoms with E-state index in [4.69, 9.17) is 10.5 Å². The second-order valence-corrected chi connectivity index (χ2v) is 4.98. The van der Waals surface area contributed by atoms with E-state index in [9.17, 15) is 9.59 Å². The average molecular weight is 294 g/mol. The highest BCUT2D eigenvalue weighted by Gasteiger charge is 2.25. The van der Waals surface area contributed by atoms with E-state index >= 15 is 0 Å². The molecule has 5 nitrogen and oxygen atoms in total. The highest BCUT2D eigenvalue weighted by Crippen LogP contribution is 2.29. The van der Waals surface area contributed by atoms with Gasteiger partial charge in [-0.3, -0.25) is 9.59 Å².